The number of carbonyl (C=O) groups is 2. The van der Waals surface area contributed by atoms with Crippen molar-refractivity contribution in [2.75, 3.05) is 12.4 Å². The van der Waals surface area contributed by atoms with Gasteiger partial charge in [0.05, 0.1) is 12.8 Å². The summed E-state index contributed by atoms with van der Waals surface area (Å²) in [7, 11) is 1.09. The number of hydrogen-bond donors (Lipinski definition) is 1. The number of alkyl halides is 3. The first kappa shape index (κ1) is 16.4. The topological polar surface area (TPSA) is 55.4 Å². The number of nitrogens with one attached hydrogen (secondary N) is 1. The summed E-state index contributed by atoms with van der Waals surface area (Å²) in [6, 6.07) is 1.20. The molecule has 0 aromatic carbocycles. The normalized spacial score (nSPS) is 10.1. The summed E-state index contributed by atoms with van der Waals surface area (Å²) in [6.45, 7) is 4.00. The van der Waals surface area contributed by atoms with Gasteiger partial charge in [0, 0.05) is 0 Å². The molecule has 0 aliphatic carbocycles. The van der Waals surface area contributed by atoms with Crippen LogP contribution >= 0.6 is 11.3 Å². The number of halogens is 3. The summed E-state index contributed by atoms with van der Waals surface area (Å²) in [5.41, 5.74) is -0.209. The van der Waals surface area contributed by atoms with E-state index >= 15 is 0 Å². The van der Waals surface area contributed by atoms with Crippen molar-refractivity contribution < 1.29 is 27.5 Å². The maximum atomic E-state index is 11.9. The average Bonchev–Trinajstić information content (AvgIpc) is 2.77. The molecule has 8 heteroatoms. The molecule has 0 fully saturated rings. The van der Waals surface area contributed by atoms with Gasteiger partial charge < -0.3 is 10.1 Å². The summed E-state index contributed by atoms with van der Waals surface area (Å²) < 4.78 is 40.1. The summed E-state index contributed by atoms with van der Waals surface area (Å²) in [4.78, 5) is 21.6. The zero-order chi connectivity index (χ0) is 14.3. The second kappa shape index (κ2) is 7.00. The van der Waals surface area contributed by atoms with Crippen LogP contribution in [0.1, 0.15) is 23.5 Å². The lowest BCUT2D eigenvalue weighted by atomic mass is 10.3. The molecule has 1 rings (SSSR count). The van der Waals surface area contributed by atoms with Crippen molar-refractivity contribution in [3.05, 3.63) is 16.3 Å². The molecule has 0 radical (unpaired) electrons. The van der Waals surface area contributed by atoms with E-state index in [-0.39, 0.29) is 10.6 Å². The Morgan fingerprint density at radius 1 is 1.33 bits per heavy atom. The van der Waals surface area contributed by atoms with E-state index in [0.717, 1.165) is 18.4 Å². The first-order valence-electron chi connectivity index (χ1n) is 4.90. The monoisotopic (exact) mass is 283 g/mol. The Kier molecular flexibility index (Phi) is 6.39. The SMILES string of the molecule is CC.COC(=O)c1sccc1NC(=O)C(F)(F)F. The number of amides is 1. The van der Waals surface area contributed by atoms with E-state index < -0.39 is 18.1 Å². The van der Waals surface area contributed by atoms with Crippen LogP contribution in [0.4, 0.5) is 18.9 Å². The Labute approximate surface area is 106 Å². The van der Waals surface area contributed by atoms with E-state index in [9.17, 15) is 22.8 Å². The molecule has 1 aromatic heterocycles. The number of hydrogen-bond acceptors (Lipinski definition) is 4. The second-order valence-corrected chi connectivity index (χ2v) is 3.52. The van der Waals surface area contributed by atoms with Crippen LogP contribution < -0.4 is 5.32 Å². The van der Waals surface area contributed by atoms with E-state index in [2.05, 4.69) is 4.74 Å². The van der Waals surface area contributed by atoms with Crippen molar-refractivity contribution in [1.29, 1.82) is 0 Å². The maximum Gasteiger partial charge on any atom is 0.471 e. The van der Waals surface area contributed by atoms with Crippen molar-refractivity contribution in [1.82, 2.24) is 0 Å². The molecule has 0 bridgehead atoms. The third kappa shape index (κ3) is 4.36. The largest absolute Gasteiger partial charge is 0.471 e. The molecule has 0 atom stereocenters. The number of rotatable bonds is 2. The van der Waals surface area contributed by atoms with Crippen LogP contribution in [-0.2, 0) is 9.53 Å². The molecule has 0 saturated heterocycles. The van der Waals surface area contributed by atoms with E-state index in [1.54, 1.807) is 5.32 Å². The molecular formula is C10H12F3NO3S. The van der Waals surface area contributed by atoms with Crippen LogP contribution in [0.25, 0.3) is 0 Å². The predicted molar refractivity (Wildman–Crippen MR) is 61.7 cm³/mol. The number of methoxy groups -OCH3 is 1. The van der Waals surface area contributed by atoms with Crippen LogP contribution in [0, 0.1) is 0 Å². The summed E-state index contributed by atoms with van der Waals surface area (Å²) in [6.07, 6.45) is -4.99. The van der Waals surface area contributed by atoms with Gasteiger partial charge in [-0.3, -0.25) is 4.79 Å². The highest BCUT2D eigenvalue weighted by Crippen LogP contribution is 2.25. The standard InChI is InChI=1S/C8H6F3NO3S.C2H6/c1-15-6(13)5-4(2-3-16-5)12-7(14)8(9,10)11;1-2/h2-3H,1H3,(H,12,14);1-2H3. The molecule has 1 aromatic rings. The molecule has 1 amide bonds. The molecule has 0 aliphatic heterocycles. The fourth-order valence-corrected chi connectivity index (χ4v) is 1.62. The Morgan fingerprint density at radius 2 is 1.89 bits per heavy atom. The first-order chi connectivity index (χ1) is 8.36. The lowest BCUT2D eigenvalue weighted by Gasteiger charge is -2.07. The molecule has 0 saturated carbocycles. The second-order valence-electron chi connectivity index (χ2n) is 2.61. The number of ether oxygens (including phenoxy) is 1. The number of carbonyl (C=O) groups excluding carboxylic acids is 2. The average molecular weight is 283 g/mol. The Balaban J connectivity index is 0.00000137. The fraction of sp³-hybridized carbons (Fsp3) is 0.400. The smallest absolute Gasteiger partial charge is 0.465 e. The minimum Gasteiger partial charge on any atom is -0.465 e. The van der Waals surface area contributed by atoms with Gasteiger partial charge in [0.15, 0.2) is 0 Å². The number of anilines is 1. The maximum absolute atomic E-state index is 11.9. The van der Waals surface area contributed by atoms with E-state index in [1.807, 2.05) is 13.8 Å². The number of esters is 1. The van der Waals surface area contributed by atoms with E-state index in [0.29, 0.717) is 0 Å². The molecule has 0 unspecified atom stereocenters. The highest BCUT2D eigenvalue weighted by Gasteiger charge is 2.39. The van der Waals surface area contributed by atoms with Crippen LogP contribution in [0.3, 0.4) is 0 Å². The summed E-state index contributed by atoms with van der Waals surface area (Å²) >= 11 is 0.878. The van der Waals surface area contributed by atoms with Gasteiger partial charge in [-0.25, -0.2) is 4.79 Å². The Bertz CT molecular complexity index is 415. The van der Waals surface area contributed by atoms with E-state index in [4.69, 9.17) is 0 Å². The van der Waals surface area contributed by atoms with Crippen molar-refractivity contribution >= 4 is 28.9 Å². The van der Waals surface area contributed by atoms with Crippen molar-refractivity contribution in [2.24, 2.45) is 0 Å². The van der Waals surface area contributed by atoms with Gasteiger partial charge in [0.2, 0.25) is 0 Å². The fourth-order valence-electron chi connectivity index (χ4n) is 0.852. The quantitative estimate of drug-likeness (QED) is 0.849. The van der Waals surface area contributed by atoms with E-state index in [1.165, 1.54) is 11.4 Å². The minimum atomic E-state index is -4.99. The Morgan fingerprint density at radius 3 is 2.33 bits per heavy atom. The van der Waals surface area contributed by atoms with Crippen LogP contribution in [-0.4, -0.2) is 25.2 Å². The van der Waals surface area contributed by atoms with Crippen molar-refractivity contribution in [3.63, 3.8) is 0 Å². The predicted octanol–water partition coefficient (Wildman–Crippen LogP) is 3.06. The first-order valence-corrected chi connectivity index (χ1v) is 5.78. The molecule has 1 heterocycles. The minimum absolute atomic E-state index is 0.0832. The van der Waals surface area contributed by atoms with Crippen LogP contribution in [0.5, 0.6) is 0 Å². The third-order valence-corrected chi connectivity index (χ3v) is 2.44. The van der Waals surface area contributed by atoms with Gasteiger partial charge in [-0.05, 0) is 11.4 Å². The molecular weight excluding hydrogens is 271 g/mol. The molecule has 102 valence electrons. The van der Waals surface area contributed by atoms with Gasteiger partial charge in [-0.1, -0.05) is 13.8 Å². The van der Waals surface area contributed by atoms with Gasteiger partial charge in [0.1, 0.15) is 4.88 Å². The highest BCUT2D eigenvalue weighted by atomic mass is 32.1. The van der Waals surface area contributed by atoms with Gasteiger partial charge in [-0.2, -0.15) is 13.2 Å². The Hall–Kier alpha value is -1.57. The molecule has 4 nitrogen and oxygen atoms in total. The van der Waals surface area contributed by atoms with Crippen molar-refractivity contribution in [3.8, 4) is 0 Å². The lowest BCUT2D eigenvalue weighted by Crippen LogP contribution is -2.30. The van der Waals surface area contributed by atoms with Crippen LogP contribution in [0.15, 0.2) is 11.4 Å². The lowest BCUT2D eigenvalue weighted by molar-refractivity contribution is -0.167. The summed E-state index contributed by atoms with van der Waals surface area (Å²) in [5.74, 6) is -2.93. The molecule has 1 N–H and O–H groups in total. The zero-order valence-electron chi connectivity index (χ0n) is 9.92. The third-order valence-electron chi connectivity index (χ3n) is 1.54. The summed E-state index contributed by atoms with van der Waals surface area (Å²) in [5, 5.41) is 2.96. The van der Waals surface area contributed by atoms with Crippen LogP contribution in [0.2, 0.25) is 0 Å². The van der Waals surface area contributed by atoms with Gasteiger partial charge in [0.25, 0.3) is 0 Å². The molecule has 18 heavy (non-hydrogen) atoms. The molecule has 0 aliphatic rings. The van der Waals surface area contributed by atoms with Gasteiger partial charge in [-0.15, -0.1) is 11.3 Å². The number of thiophene rings is 1. The zero-order valence-corrected chi connectivity index (χ0v) is 10.7. The highest BCUT2D eigenvalue weighted by molar-refractivity contribution is 7.12. The van der Waals surface area contributed by atoms with Gasteiger partial charge >= 0.3 is 18.1 Å². The molecule has 0 spiro atoms. The van der Waals surface area contributed by atoms with Crippen molar-refractivity contribution in [2.45, 2.75) is 20.0 Å².